The number of halogens is 6. The Balaban J connectivity index is 1.68. The van der Waals surface area contributed by atoms with Gasteiger partial charge in [0.1, 0.15) is 0 Å². The molecule has 3 nitrogen and oxygen atoms in total. The van der Waals surface area contributed by atoms with Crippen LogP contribution in [0, 0.1) is 5.92 Å². The molecule has 0 saturated carbocycles. The number of carboxylic acid groups (broad SMARTS) is 1. The van der Waals surface area contributed by atoms with Crippen molar-refractivity contribution in [2.75, 3.05) is 13.1 Å². The molecule has 226 valence electrons. The number of alkyl halides is 6. The molecule has 3 atom stereocenters. The van der Waals surface area contributed by atoms with Crippen LogP contribution in [0.15, 0.2) is 66.7 Å². The van der Waals surface area contributed by atoms with Gasteiger partial charge < -0.3 is 5.11 Å². The second-order valence-electron chi connectivity index (χ2n) is 11.6. The quantitative estimate of drug-likeness (QED) is 0.265. The van der Waals surface area contributed by atoms with Crippen LogP contribution in [0.5, 0.6) is 0 Å². The molecule has 3 aromatic carbocycles. The number of aliphatic carboxylic acids is 1. The highest BCUT2D eigenvalue weighted by molar-refractivity contribution is 5.78. The number of hydrogen-bond acceptors (Lipinski definition) is 2. The van der Waals surface area contributed by atoms with Gasteiger partial charge in [-0.05, 0) is 96.6 Å². The standard InChI is InChI=1S/C33H35F6NO2/c1-20(2)15-30(31(41)42)27-17-25(23-8-12-29(13-9-23)33(37,38)39)16-26(18-27)24-5-4-14-40(19-24)21(3)22-6-10-28(11-7-22)32(34,35)36/h6-13,16-18,20-21,24,30H,4-5,14-15,19H2,1-3H3,(H,41,42)/t21?,24?,30-/m0/s1. The first-order valence-electron chi connectivity index (χ1n) is 14.1. The summed E-state index contributed by atoms with van der Waals surface area (Å²) in [4.78, 5) is 14.5. The molecule has 1 fully saturated rings. The van der Waals surface area contributed by atoms with Crippen molar-refractivity contribution in [3.63, 3.8) is 0 Å². The monoisotopic (exact) mass is 591 g/mol. The Hall–Kier alpha value is -3.33. The lowest BCUT2D eigenvalue weighted by Gasteiger charge is -2.37. The summed E-state index contributed by atoms with van der Waals surface area (Å²) in [5.74, 6) is -1.61. The van der Waals surface area contributed by atoms with E-state index >= 15 is 0 Å². The predicted molar refractivity (Wildman–Crippen MR) is 150 cm³/mol. The molecule has 0 radical (unpaired) electrons. The lowest BCUT2D eigenvalue weighted by atomic mass is 9.82. The van der Waals surface area contributed by atoms with Gasteiger partial charge in [-0.2, -0.15) is 26.3 Å². The number of rotatable bonds is 8. The summed E-state index contributed by atoms with van der Waals surface area (Å²) in [5.41, 5.74) is 2.04. The Kier molecular flexibility index (Phi) is 9.40. The average molecular weight is 592 g/mol. The molecule has 1 N–H and O–H groups in total. The lowest BCUT2D eigenvalue weighted by Crippen LogP contribution is -2.36. The van der Waals surface area contributed by atoms with Crippen LogP contribution in [0.25, 0.3) is 11.1 Å². The highest BCUT2D eigenvalue weighted by atomic mass is 19.4. The van der Waals surface area contributed by atoms with Gasteiger partial charge in [0.15, 0.2) is 0 Å². The molecule has 42 heavy (non-hydrogen) atoms. The summed E-state index contributed by atoms with van der Waals surface area (Å²) in [7, 11) is 0. The first-order chi connectivity index (χ1) is 19.6. The van der Waals surface area contributed by atoms with Gasteiger partial charge >= 0.3 is 18.3 Å². The zero-order valence-electron chi connectivity index (χ0n) is 23.8. The largest absolute Gasteiger partial charge is 0.481 e. The van der Waals surface area contributed by atoms with E-state index in [1.165, 1.54) is 24.3 Å². The average Bonchev–Trinajstić information content (AvgIpc) is 2.94. The molecule has 1 aliphatic rings. The lowest BCUT2D eigenvalue weighted by molar-refractivity contribution is -0.139. The van der Waals surface area contributed by atoms with Crippen LogP contribution in [0.2, 0.25) is 0 Å². The fourth-order valence-electron chi connectivity index (χ4n) is 5.77. The van der Waals surface area contributed by atoms with E-state index in [1.54, 1.807) is 6.07 Å². The molecule has 9 heteroatoms. The van der Waals surface area contributed by atoms with Gasteiger partial charge in [-0.3, -0.25) is 9.69 Å². The molecule has 3 aromatic rings. The van der Waals surface area contributed by atoms with E-state index in [4.69, 9.17) is 0 Å². The normalized spacial score (nSPS) is 18.2. The van der Waals surface area contributed by atoms with E-state index in [0.717, 1.165) is 54.8 Å². The van der Waals surface area contributed by atoms with E-state index in [0.29, 0.717) is 29.7 Å². The molecule has 0 aromatic heterocycles. The predicted octanol–water partition coefficient (Wildman–Crippen LogP) is 9.55. The third-order valence-corrected chi connectivity index (χ3v) is 8.12. The summed E-state index contributed by atoms with van der Waals surface area (Å²) in [6.07, 6.45) is -6.80. The van der Waals surface area contributed by atoms with E-state index in [-0.39, 0.29) is 17.9 Å². The van der Waals surface area contributed by atoms with Crippen molar-refractivity contribution >= 4 is 5.97 Å². The van der Waals surface area contributed by atoms with Crippen LogP contribution < -0.4 is 0 Å². The summed E-state index contributed by atoms with van der Waals surface area (Å²) in [5, 5.41) is 10.1. The summed E-state index contributed by atoms with van der Waals surface area (Å²) in [6.45, 7) is 7.21. The van der Waals surface area contributed by atoms with Crippen LogP contribution in [0.3, 0.4) is 0 Å². The molecular formula is C33H35F6NO2. The molecule has 0 spiro atoms. The Morgan fingerprint density at radius 2 is 1.40 bits per heavy atom. The third kappa shape index (κ3) is 7.54. The van der Waals surface area contributed by atoms with E-state index in [9.17, 15) is 36.2 Å². The van der Waals surface area contributed by atoms with Gasteiger partial charge in [0.05, 0.1) is 17.0 Å². The first kappa shape index (κ1) is 31.6. The minimum atomic E-state index is -4.47. The highest BCUT2D eigenvalue weighted by Crippen LogP contribution is 2.38. The molecule has 0 aliphatic carbocycles. The topological polar surface area (TPSA) is 40.5 Å². The van der Waals surface area contributed by atoms with Gasteiger partial charge in [-0.15, -0.1) is 0 Å². The van der Waals surface area contributed by atoms with Gasteiger partial charge in [-0.25, -0.2) is 0 Å². The van der Waals surface area contributed by atoms with Crippen LogP contribution in [0.4, 0.5) is 26.3 Å². The highest BCUT2D eigenvalue weighted by Gasteiger charge is 2.32. The van der Waals surface area contributed by atoms with Crippen molar-refractivity contribution in [2.24, 2.45) is 5.92 Å². The van der Waals surface area contributed by atoms with Gasteiger partial charge in [0, 0.05) is 12.6 Å². The van der Waals surface area contributed by atoms with Crippen molar-refractivity contribution < 1.29 is 36.2 Å². The number of likely N-dealkylation sites (tertiary alicyclic amines) is 1. The molecule has 1 aliphatic heterocycles. The smallest absolute Gasteiger partial charge is 0.416 e. The Labute approximate surface area is 242 Å². The van der Waals surface area contributed by atoms with E-state index in [1.807, 2.05) is 32.9 Å². The maximum absolute atomic E-state index is 13.2. The molecule has 2 unspecified atom stereocenters. The fraction of sp³-hybridized carbons (Fsp3) is 0.424. The van der Waals surface area contributed by atoms with Crippen LogP contribution in [-0.2, 0) is 17.1 Å². The van der Waals surface area contributed by atoms with Crippen LogP contribution >= 0.6 is 0 Å². The maximum Gasteiger partial charge on any atom is 0.416 e. The van der Waals surface area contributed by atoms with Crippen LogP contribution in [-0.4, -0.2) is 29.1 Å². The number of carboxylic acids is 1. The van der Waals surface area contributed by atoms with E-state index in [2.05, 4.69) is 4.90 Å². The number of piperidine rings is 1. The fourth-order valence-corrected chi connectivity index (χ4v) is 5.77. The Bertz CT molecular complexity index is 1360. The minimum Gasteiger partial charge on any atom is -0.481 e. The second-order valence-corrected chi connectivity index (χ2v) is 11.6. The van der Waals surface area contributed by atoms with Crippen molar-refractivity contribution in [3.05, 3.63) is 94.5 Å². The number of hydrogen-bond donors (Lipinski definition) is 1. The van der Waals surface area contributed by atoms with Crippen molar-refractivity contribution in [1.29, 1.82) is 0 Å². The maximum atomic E-state index is 13.2. The number of nitrogens with zero attached hydrogens (tertiary/aromatic N) is 1. The van der Waals surface area contributed by atoms with Crippen molar-refractivity contribution in [3.8, 4) is 11.1 Å². The van der Waals surface area contributed by atoms with E-state index < -0.39 is 35.4 Å². The van der Waals surface area contributed by atoms with Crippen molar-refractivity contribution in [1.82, 2.24) is 4.90 Å². The second kappa shape index (κ2) is 12.5. The minimum absolute atomic E-state index is 0.0114. The summed E-state index contributed by atoms with van der Waals surface area (Å²) in [6, 6.07) is 15.5. The molecule has 1 heterocycles. The van der Waals surface area contributed by atoms with Gasteiger partial charge in [0.2, 0.25) is 0 Å². The Morgan fingerprint density at radius 3 is 1.93 bits per heavy atom. The SMILES string of the molecule is CC(C)C[C@H](C(=O)O)c1cc(-c2ccc(C(F)(F)F)cc2)cc(C2CCCN(C(C)c3ccc(C(F)(F)F)cc3)C2)c1. The molecule has 0 amide bonds. The zero-order chi connectivity index (χ0) is 30.8. The molecule has 1 saturated heterocycles. The molecule has 4 rings (SSSR count). The van der Waals surface area contributed by atoms with Crippen LogP contribution in [0.1, 0.15) is 85.7 Å². The van der Waals surface area contributed by atoms with Crippen molar-refractivity contribution in [2.45, 2.75) is 70.3 Å². The molecule has 0 bridgehead atoms. The number of carbonyl (C=O) groups is 1. The molecular weight excluding hydrogens is 556 g/mol. The van der Waals surface area contributed by atoms with Gasteiger partial charge in [-0.1, -0.05) is 56.3 Å². The number of benzene rings is 3. The first-order valence-corrected chi connectivity index (χ1v) is 14.1. The zero-order valence-corrected chi connectivity index (χ0v) is 23.8. The summed E-state index contributed by atoms with van der Waals surface area (Å²) >= 11 is 0. The Morgan fingerprint density at radius 1 is 0.833 bits per heavy atom. The third-order valence-electron chi connectivity index (χ3n) is 8.12. The summed E-state index contributed by atoms with van der Waals surface area (Å²) < 4.78 is 78.7. The van der Waals surface area contributed by atoms with Gasteiger partial charge in [0.25, 0.3) is 0 Å².